The molecule has 0 spiro atoms. The van der Waals surface area contributed by atoms with Crippen LogP contribution in [0.4, 0.5) is 5.69 Å². The number of methoxy groups -OCH3 is 1. The van der Waals surface area contributed by atoms with Gasteiger partial charge in [-0.05, 0) is 29.8 Å². The molecule has 5 heteroatoms. The molecule has 0 aliphatic rings. The van der Waals surface area contributed by atoms with Gasteiger partial charge in [-0.1, -0.05) is 33.6 Å². The molecule has 1 N–H and O–H groups in total. The summed E-state index contributed by atoms with van der Waals surface area (Å²) in [4.78, 5) is 4.13. The van der Waals surface area contributed by atoms with Crippen molar-refractivity contribution in [1.82, 2.24) is 4.98 Å². The Morgan fingerprint density at radius 3 is 2.94 bits per heavy atom. The van der Waals surface area contributed by atoms with E-state index in [2.05, 4.69) is 26.2 Å². The maximum atomic E-state index is 5.90. The van der Waals surface area contributed by atoms with Gasteiger partial charge in [0.05, 0.1) is 12.8 Å². The van der Waals surface area contributed by atoms with Crippen molar-refractivity contribution in [2.45, 2.75) is 6.54 Å². The van der Waals surface area contributed by atoms with Gasteiger partial charge in [-0.15, -0.1) is 0 Å². The van der Waals surface area contributed by atoms with Gasteiger partial charge in [-0.2, -0.15) is 0 Å². The molecule has 2 aromatic rings. The molecule has 1 heterocycles. The normalized spacial score (nSPS) is 10.2. The molecule has 0 bridgehead atoms. The third-order valence-corrected chi connectivity index (χ3v) is 3.42. The molecule has 0 amide bonds. The molecule has 2 rings (SSSR count). The van der Waals surface area contributed by atoms with Gasteiger partial charge in [0.25, 0.3) is 0 Å². The predicted octanol–water partition coefficient (Wildman–Crippen LogP) is 4.12. The molecule has 1 aromatic carbocycles. The average Bonchev–Trinajstić information content (AvgIpc) is 2.38. The van der Waals surface area contributed by atoms with E-state index in [4.69, 9.17) is 16.3 Å². The summed E-state index contributed by atoms with van der Waals surface area (Å²) in [6, 6.07) is 9.50. The second kappa shape index (κ2) is 6.07. The van der Waals surface area contributed by atoms with Crippen LogP contribution in [0.1, 0.15) is 5.56 Å². The van der Waals surface area contributed by atoms with E-state index in [0.29, 0.717) is 17.4 Å². The number of nitrogens with one attached hydrogen (secondary N) is 1. The maximum Gasteiger partial charge on any atom is 0.237 e. The first-order valence-electron chi connectivity index (χ1n) is 5.37. The Bertz CT molecular complexity index is 548. The van der Waals surface area contributed by atoms with E-state index in [0.717, 1.165) is 15.7 Å². The van der Waals surface area contributed by atoms with Crippen LogP contribution in [0, 0.1) is 0 Å². The van der Waals surface area contributed by atoms with Crippen LogP contribution in [0.2, 0.25) is 5.02 Å². The molecule has 0 radical (unpaired) electrons. The van der Waals surface area contributed by atoms with E-state index >= 15 is 0 Å². The number of benzene rings is 1. The van der Waals surface area contributed by atoms with Crippen molar-refractivity contribution in [3.05, 3.63) is 51.6 Å². The highest BCUT2D eigenvalue weighted by Crippen LogP contribution is 2.24. The summed E-state index contributed by atoms with van der Waals surface area (Å²) in [6.45, 7) is 0.666. The van der Waals surface area contributed by atoms with Gasteiger partial charge in [0, 0.05) is 22.2 Å². The Morgan fingerprint density at radius 2 is 2.22 bits per heavy atom. The van der Waals surface area contributed by atoms with Crippen LogP contribution in [0.5, 0.6) is 5.88 Å². The molecule has 0 aliphatic heterocycles. The lowest BCUT2D eigenvalue weighted by molar-refractivity contribution is 0.399. The topological polar surface area (TPSA) is 34.1 Å². The second-order valence-electron chi connectivity index (χ2n) is 3.65. The summed E-state index contributed by atoms with van der Waals surface area (Å²) in [5.41, 5.74) is 1.98. The minimum Gasteiger partial charge on any atom is -0.480 e. The Morgan fingerprint density at radius 1 is 1.39 bits per heavy atom. The van der Waals surface area contributed by atoms with Crippen molar-refractivity contribution >= 4 is 33.2 Å². The molecular formula is C13H12BrClN2O. The SMILES string of the molecule is COc1ncccc1NCc1ccc(Cl)cc1Br. The summed E-state index contributed by atoms with van der Waals surface area (Å²) in [6.07, 6.45) is 1.70. The third kappa shape index (κ3) is 3.15. The first-order chi connectivity index (χ1) is 8.70. The predicted molar refractivity (Wildman–Crippen MR) is 77.3 cm³/mol. The number of hydrogen-bond donors (Lipinski definition) is 1. The van der Waals surface area contributed by atoms with Crippen molar-refractivity contribution < 1.29 is 4.74 Å². The monoisotopic (exact) mass is 326 g/mol. The van der Waals surface area contributed by atoms with Crippen molar-refractivity contribution in [3.8, 4) is 5.88 Å². The van der Waals surface area contributed by atoms with E-state index < -0.39 is 0 Å². The fourth-order valence-corrected chi connectivity index (χ4v) is 2.37. The van der Waals surface area contributed by atoms with Gasteiger partial charge in [0.15, 0.2) is 0 Å². The van der Waals surface area contributed by atoms with Gasteiger partial charge in [0.2, 0.25) is 5.88 Å². The van der Waals surface area contributed by atoms with E-state index in [-0.39, 0.29) is 0 Å². The van der Waals surface area contributed by atoms with E-state index in [1.807, 2.05) is 30.3 Å². The highest BCUT2D eigenvalue weighted by atomic mass is 79.9. The van der Waals surface area contributed by atoms with Crippen LogP contribution >= 0.6 is 27.5 Å². The summed E-state index contributed by atoms with van der Waals surface area (Å²) in [5.74, 6) is 0.586. The molecule has 0 atom stereocenters. The first-order valence-corrected chi connectivity index (χ1v) is 6.54. The maximum absolute atomic E-state index is 5.90. The van der Waals surface area contributed by atoms with Gasteiger partial charge in [-0.25, -0.2) is 4.98 Å². The fourth-order valence-electron chi connectivity index (χ4n) is 1.54. The van der Waals surface area contributed by atoms with Crippen LogP contribution in [0.3, 0.4) is 0 Å². The Balaban J connectivity index is 2.11. The Hall–Kier alpha value is -1.26. The number of hydrogen-bond acceptors (Lipinski definition) is 3. The highest BCUT2D eigenvalue weighted by molar-refractivity contribution is 9.10. The lowest BCUT2D eigenvalue weighted by Gasteiger charge is -2.11. The molecule has 0 aliphatic carbocycles. The quantitative estimate of drug-likeness (QED) is 0.917. The molecular weight excluding hydrogens is 316 g/mol. The minimum absolute atomic E-state index is 0.586. The summed E-state index contributed by atoms with van der Waals surface area (Å²) in [7, 11) is 1.60. The van der Waals surface area contributed by atoms with Gasteiger partial charge in [0.1, 0.15) is 0 Å². The Labute approximate surface area is 119 Å². The number of anilines is 1. The lowest BCUT2D eigenvalue weighted by atomic mass is 10.2. The molecule has 0 fully saturated rings. The zero-order valence-electron chi connectivity index (χ0n) is 9.78. The zero-order valence-corrected chi connectivity index (χ0v) is 12.1. The molecule has 1 aromatic heterocycles. The van der Waals surface area contributed by atoms with E-state index in [9.17, 15) is 0 Å². The number of rotatable bonds is 4. The van der Waals surface area contributed by atoms with Gasteiger partial charge in [-0.3, -0.25) is 0 Å². The van der Waals surface area contributed by atoms with E-state index in [1.165, 1.54) is 0 Å². The molecule has 3 nitrogen and oxygen atoms in total. The summed E-state index contributed by atoms with van der Waals surface area (Å²) >= 11 is 9.39. The van der Waals surface area contributed by atoms with Crippen LogP contribution in [-0.4, -0.2) is 12.1 Å². The molecule has 18 heavy (non-hydrogen) atoms. The first kappa shape index (κ1) is 13.2. The number of nitrogens with zero attached hydrogens (tertiary/aromatic N) is 1. The summed E-state index contributed by atoms with van der Waals surface area (Å²) in [5, 5.41) is 3.99. The highest BCUT2D eigenvalue weighted by Gasteiger charge is 2.04. The second-order valence-corrected chi connectivity index (χ2v) is 4.94. The minimum atomic E-state index is 0.586. The molecule has 94 valence electrons. The molecule has 0 saturated heterocycles. The standard InChI is InChI=1S/C13H12BrClN2O/c1-18-13-12(3-2-6-16-13)17-8-9-4-5-10(15)7-11(9)14/h2-7,17H,8H2,1H3. The van der Waals surface area contributed by atoms with E-state index in [1.54, 1.807) is 13.3 Å². The van der Waals surface area contributed by atoms with Crippen molar-refractivity contribution in [2.24, 2.45) is 0 Å². The lowest BCUT2D eigenvalue weighted by Crippen LogP contribution is -2.02. The average molecular weight is 328 g/mol. The third-order valence-electron chi connectivity index (χ3n) is 2.45. The van der Waals surface area contributed by atoms with Crippen LogP contribution in [0.25, 0.3) is 0 Å². The number of aromatic nitrogens is 1. The van der Waals surface area contributed by atoms with Crippen LogP contribution in [0.15, 0.2) is 41.0 Å². The van der Waals surface area contributed by atoms with Gasteiger partial charge >= 0.3 is 0 Å². The van der Waals surface area contributed by atoms with Crippen molar-refractivity contribution in [2.75, 3.05) is 12.4 Å². The summed E-state index contributed by atoms with van der Waals surface area (Å²) < 4.78 is 6.15. The zero-order chi connectivity index (χ0) is 13.0. The van der Waals surface area contributed by atoms with Crippen molar-refractivity contribution in [1.29, 1.82) is 0 Å². The largest absolute Gasteiger partial charge is 0.480 e. The number of pyridine rings is 1. The van der Waals surface area contributed by atoms with Crippen molar-refractivity contribution in [3.63, 3.8) is 0 Å². The van der Waals surface area contributed by atoms with Gasteiger partial charge < -0.3 is 10.1 Å². The van der Waals surface area contributed by atoms with Crippen LogP contribution in [-0.2, 0) is 6.54 Å². The molecule has 0 unspecified atom stereocenters. The number of ether oxygens (including phenoxy) is 1. The smallest absolute Gasteiger partial charge is 0.237 e. The van der Waals surface area contributed by atoms with Crippen LogP contribution < -0.4 is 10.1 Å². The number of halogens is 2. The molecule has 0 saturated carbocycles. The Kier molecular flexibility index (Phi) is 4.44. The fraction of sp³-hybridized carbons (Fsp3) is 0.154.